The van der Waals surface area contributed by atoms with E-state index in [0.717, 1.165) is 0 Å². The van der Waals surface area contributed by atoms with Gasteiger partial charge in [-0.2, -0.15) is 0 Å². The topological polar surface area (TPSA) is 107 Å². The first-order valence-corrected chi connectivity index (χ1v) is 2.93. The summed E-state index contributed by atoms with van der Waals surface area (Å²) in [6.07, 6.45) is -0.954. The lowest BCUT2D eigenvalue weighted by molar-refractivity contribution is 0.0450. The average molecular weight is 153 g/mol. The first-order valence-electron chi connectivity index (χ1n) is 2.93. The Bertz CT molecular complexity index is 46.9. The molecule has 5 nitrogen and oxygen atoms in total. The Balaban J connectivity index is 0. The van der Waals surface area contributed by atoms with Crippen LogP contribution in [-0.2, 0) is 0 Å². The van der Waals surface area contributed by atoms with Crippen LogP contribution in [0.1, 0.15) is 0 Å². The third-order valence-corrected chi connectivity index (χ3v) is 0.551. The second-order valence-electron chi connectivity index (χ2n) is 1.53. The van der Waals surface area contributed by atoms with E-state index in [4.69, 9.17) is 26.2 Å². The molecule has 0 aliphatic heterocycles. The molecule has 0 amide bonds. The highest BCUT2D eigenvalue weighted by atomic mass is 16.3. The number of aliphatic hydroxyl groups excluding tert-OH is 4. The van der Waals surface area contributed by atoms with Gasteiger partial charge >= 0.3 is 0 Å². The van der Waals surface area contributed by atoms with Gasteiger partial charge in [0, 0.05) is 6.54 Å². The molecule has 6 N–H and O–H groups in total. The predicted molar refractivity (Wildman–Crippen MR) is 36.3 cm³/mol. The first-order chi connectivity index (χ1) is 4.72. The van der Waals surface area contributed by atoms with E-state index in [1.165, 1.54) is 0 Å². The van der Waals surface area contributed by atoms with Crippen LogP contribution in [0.3, 0.4) is 0 Å². The molecular weight excluding hydrogens is 138 g/mol. The quantitative estimate of drug-likeness (QED) is 0.302. The average Bonchev–Trinajstić information content (AvgIpc) is 2.03. The van der Waals surface area contributed by atoms with Crippen LogP contribution >= 0.6 is 0 Å². The number of rotatable bonds is 3. The molecule has 0 unspecified atom stereocenters. The summed E-state index contributed by atoms with van der Waals surface area (Å²) in [5.41, 5.74) is 4.78. The monoisotopic (exact) mass is 153 g/mol. The standard InChI is InChI=1S/C3H8O3.C2H7NO/c4-1-3(6)2-5;3-1-2-4/h3-6H,1-2H2;4H,1-3H2. The van der Waals surface area contributed by atoms with Gasteiger partial charge in [0.15, 0.2) is 0 Å². The van der Waals surface area contributed by atoms with E-state index >= 15 is 0 Å². The molecule has 0 aliphatic rings. The highest BCUT2D eigenvalue weighted by Crippen LogP contribution is 1.71. The van der Waals surface area contributed by atoms with E-state index in [9.17, 15) is 0 Å². The molecule has 0 aromatic heterocycles. The molecular formula is C5H15NO4. The molecule has 0 spiro atoms. The van der Waals surface area contributed by atoms with Gasteiger partial charge in [0.05, 0.1) is 19.8 Å². The van der Waals surface area contributed by atoms with Crippen molar-refractivity contribution < 1.29 is 20.4 Å². The van der Waals surface area contributed by atoms with Gasteiger partial charge < -0.3 is 26.2 Å². The van der Waals surface area contributed by atoms with Gasteiger partial charge in [-0.1, -0.05) is 0 Å². The van der Waals surface area contributed by atoms with Gasteiger partial charge in [-0.15, -0.1) is 0 Å². The minimum atomic E-state index is -0.954. The lowest BCUT2D eigenvalue weighted by Gasteiger charge is -1.96. The molecule has 10 heavy (non-hydrogen) atoms. The van der Waals surface area contributed by atoms with Crippen LogP contribution in [0, 0.1) is 0 Å². The summed E-state index contributed by atoms with van der Waals surface area (Å²) in [5, 5.41) is 31.8. The minimum absolute atomic E-state index is 0.0972. The number of aliphatic hydroxyl groups is 4. The number of hydrogen-bond donors (Lipinski definition) is 5. The molecule has 0 aromatic rings. The Morgan fingerprint density at radius 1 is 1.10 bits per heavy atom. The number of hydrogen-bond acceptors (Lipinski definition) is 5. The SMILES string of the molecule is NCCO.OCC(O)CO. The highest BCUT2D eigenvalue weighted by molar-refractivity contribution is 4.43. The summed E-state index contributed by atoms with van der Waals surface area (Å²) in [7, 11) is 0. The molecule has 0 aliphatic carbocycles. The van der Waals surface area contributed by atoms with Crippen molar-refractivity contribution in [1.82, 2.24) is 0 Å². The second kappa shape index (κ2) is 11.6. The van der Waals surface area contributed by atoms with E-state index in [0.29, 0.717) is 6.54 Å². The fraction of sp³-hybridized carbons (Fsp3) is 1.00. The fourth-order valence-corrected chi connectivity index (χ4v) is 0.0577. The molecule has 0 rings (SSSR count). The Morgan fingerprint density at radius 2 is 1.40 bits per heavy atom. The Morgan fingerprint density at radius 3 is 1.40 bits per heavy atom. The van der Waals surface area contributed by atoms with Gasteiger partial charge in [-0.25, -0.2) is 0 Å². The molecule has 0 radical (unpaired) electrons. The summed E-state index contributed by atoms with van der Waals surface area (Å²) in [5.74, 6) is 0. The van der Waals surface area contributed by atoms with Gasteiger partial charge in [-0.05, 0) is 0 Å². The van der Waals surface area contributed by atoms with Crippen LogP contribution in [0.5, 0.6) is 0 Å². The van der Waals surface area contributed by atoms with Gasteiger partial charge in [0.25, 0.3) is 0 Å². The third-order valence-electron chi connectivity index (χ3n) is 0.551. The molecule has 5 heteroatoms. The van der Waals surface area contributed by atoms with Crippen molar-refractivity contribution in [3.63, 3.8) is 0 Å². The fourth-order valence-electron chi connectivity index (χ4n) is 0.0577. The van der Waals surface area contributed by atoms with Gasteiger partial charge in [0.1, 0.15) is 6.10 Å². The van der Waals surface area contributed by atoms with E-state index in [2.05, 4.69) is 0 Å². The van der Waals surface area contributed by atoms with Crippen LogP contribution in [-0.4, -0.2) is 52.9 Å². The Labute approximate surface area is 59.7 Å². The normalized spacial score (nSPS) is 9.00. The van der Waals surface area contributed by atoms with E-state index in [-0.39, 0.29) is 19.8 Å². The molecule has 0 aromatic carbocycles. The van der Waals surface area contributed by atoms with Crippen molar-refractivity contribution in [2.75, 3.05) is 26.4 Å². The van der Waals surface area contributed by atoms with Crippen molar-refractivity contribution in [3.05, 3.63) is 0 Å². The molecule has 0 heterocycles. The van der Waals surface area contributed by atoms with E-state index < -0.39 is 6.10 Å². The van der Waals surface area contributed by atoms with Crippen molar-refractivity contribution >= 4 is 0 Å². The molecule has 0 bridgehead atoms. The summed E-state index contributed by atoms with van der Waals surface area (Å²) in [4.78, 5) is 0. The largest absolute Gasteiger partial charge is 0.395 e. The number of nitrogens with two attached hydrogens (primary N) is 1. The van der Waals surface area contributed by atoms with Crippen LogP contribution in [0.4, 0.5) is 0 Å². The summed E-state index contributed by atoms with van der Waals surface area (Å²) >= 11 is 0. The maximum atomic E-state index is 8.17. The smallest absolute Gasteiger partial charge is 0.100 e. The van der Waals surface area contributed by atoms with E-state index in [1.807, 2.05) is 0 Å². The summed E-state index contributed by atoms with van der Waals surface area (Å²) in [6.45, 7) is -0.257. The first kappa shape index (κ1) is 12.5. The molecule has 0 saturated heterocycles. The lowest BCUT2D eigenvalue weighted by Crippen LogP contribution is -2.15. The van der Waals surface area contributed by atoms with Crippen LogP contribution < -0.4 is 5.73 Å². The van der Waals surface area contributed by atoms with Gasteiger partial charge in [-0.3, -0.25) is 0 Å². The zero-order valence-electron chi connectivity index (χ0n) is 5.77. The van der Waals surface area contributed by atoms with Gasteiger partial charge in [0.2, 0.25) is 0 Å². The Kier molecular flexibility index (Phi) is 14.4. The maximum Gasteiger partial charge on any atom is 0.100 e. The molecule has 0 fully saturated rings. The molecule has 0 saturated carbocycles. The molecule has 0 atom stereocenters. The predicted octanol–water partition coefficient (Wildman–Crippen LogP) is -2.73. The second-order valence-corrected chi connectivity index (χ2v) is 1.53. The van der Waals surface area contributed by atoms with Crippen molar-refractivity contribution in [2.45, 2.75) is 6.10 Å². The lowest BCUT2D eigenvalue weighted by atomic mass is 10.4. The molecule has 64 valence electrons. The zero-order chi connectivity index (χ0) is 8.41. The third kappa shape index (κ3) is 15.7. The van der Waals surface area contributed by atoms with Crippen molar-refractivity contribution in [3.8, 4) is 0 Å². The van der Waals surface area contributed by atoms with Crippen LogP contribution in [0.25, 0.3) is 0 Å². The summed E-state index contributed by atoms with van der Waals surface area (Å²) < 4.78 is 0. The van der Waals surface area contributed by atoms with Crippen LogP contribution in [0.2, 0.25) is 0 Å². The van der Waals surface area contributed by atoms with Crippen molar-refractivity contribution in [2.24, 2.45) is 5.73 Å². The van der Waals surface area contributed by atoms with Crippen LogP contribution in [0.15, 0.2) is 0 Å². The summed E-state index contributed by atoms with van der Waals surface area (Å²) in [6, 6.07) is 0. The highest BCUT2D eigenvalue weighted by Gasteiger charge is 1.93. The zero-order valence-corrected chi connectivity index (χ0v) is 5.77. The maximum absolute atomic E-state index is 8.17. The Hall–Kier alpha value is -0.200. The minimum Gasteiger partial charge on any atom is -0.395 e. The van der Waals surface area contributed by atoms with E-state index in [1.54, 1.807) is 0 Å². The van der Waals surface area contributed by atoms with Crippen molar-refractivity contribution in [1.29, 1.82) is 0 Å².